The van der Waals surface area contributed by atoms with E-state index in [4.69, 9.17) is 5.10 Å². The number of nitrogens with one attached hydrogen (secondary N) is 2. The number of aromatic nitrogens is 2. The standard InChI is InChI=1S/C20H24N4O2S/c1-27(25,26)22-14-8-13-21-15-18-16-24(19-11-6-3-7-12-19)23-20(18)17-9-4-2-5-10-17/h2-7,9-12,16,21-22H,8,13-15H2,1H3. The van der Waals surface area contributed by atoms with Crippen LogP contribution in [0.4, 0.5) is 0 Å². The summed E-state index contributed by atoms with van der Waals surface area (Å²) in [5.41, 5.74) is 4.13. The van der Waals surface area contributed by atoms with Crippen LogP contribution < -0.4 is 10.0 Å². The molecular weight excluding hydrogens is 360 g/mol. The molecule has 0 aliphatic carbocycles. The molecule has 0 amide bonds. The first-order valence-corrected chi connectivity index (χ1v) is 10.8. The highest BCUT2D eigenvalue weighted by Gasteiger charge is 2.11. The second kappa shape index (κ2) is 8.94. The smallest absolute Gasteiger partial charge is 0.208 e. The largest absolute Gasteiger partial charge is 0.312 e. The number of sulfonamides is 1. The van der Waals surface area contributed by atoms with E-state index in [1.54, 1.807) is 0 Å². The first kappa shape index (κ1) is 19.3. The van der Waals surface area contributed by atoms with Gasteiger partial charge < -0.3 is 5.32 Å². The van der Waals surface area contributed by atoms with Crippen molar-refractivity contribution in [2.24, 2.45) is 0 Å². The summed E-state index contributed by atoms with van der Waals surface area (Å²) in [4.78, 5) is 0. The summed E-state index contributed by atoms with van der Waals surface area (Å²) < 4.78 is 26.6. The maximum absolute atomic E-state index is 11.1. The number of nitrogens with zero attached hydrogens (tertiary/aromatic N) is 2. The van der Waals surface area contributed by atoms with Gasteiger partial charge >= 0.3 is 0 Å². The van der Waals surface area contributed by atoms with Crippen molar-refractivity contribution in [3.05, 3.63) is 72.4 Å². The minimum Gasteiger partial charge on any atom is -0.312 e. The van der Waals surface area contributed by atoms with Crippen molar-refractivity contribution in [3.8, 4) is 16.9 Å². The molecule has 6 nitrogen and oxygen atoms in total. The quantitative estimate of drug-likeness (QED) is 0.556. The first-order chi connectivity index (χ1) is 13.0. The van der Waals surface area contributed by atoms with Gasteiger partial charge in [0.25, 0.3) is 0 Å². The van der Waals surface area contributed by atoms with Crippen molar-refractivity contribution >= 4 is 10.0 Å². The Morgan fingerprint density at radius 3 is 2.30 bits per heavy atom. The molecule has 0 saturated heterocycles. The topological polar surface area (TPSA) is 76.0 Å². The number of hydrogen-bond acceptors (Lipinski definition) is 4. The van der Waals surface area contributed by atoms with Crippen LogP contribution in [0.1, 0.15) is 12.0 Å². The Morgan fingerprint density at radius 1 is 0.963 bits per heavy atom. The number of para-hydroxylation sites is 1. The van der Waals surface area contributed by atoms with Gasteiger partial charge in [0.05, 0.1) is 17.6 Å². The molecule has 0 unspecified atom stereocenters. The molecule has 2 N–H and O–H groups in total. The molecule has 0 fully saturated rings. The van der Waals surface area contributed by atoms with Gasteiger partial charge in [-0.3, -0.25) is 0 Å². The van der Waals surface area contributed by atoms with E-state index >= 15 is 0 Å². The molecule has 27 heavy (non-hydrogen) atoms. The molecule has 1 aromatic heterocycles. The fourth-order valence-corrected chi connectivity index (χ4v) is 3.30. The van der Waals surface area contributed by atoms with Crippen molar-refractivity contribution in [1.29, 1.82) is 0 Å². The molecule has 0 radical (unpaired) electrons. The molecule has 0 atom stereocenters. The van der Waals surface area contributed by atoms with E-state index in [2.05, 4.69) is 22.2 Å². The van der Waals surface area contributed by atoms with Crippen molar-refractivity contribution in [2.75, 3.05) is 19.3 Å². The highest BCUT2D eigenvalue weighted by Crippen LogP contribution is 2.23. The fourth-order valence-electron chi connectivity index (χ4n) is 2.79. The van der Waals surface area contributed by atoms with E-state index in [1.807, 2.05) is 59.4 Å². The third-order valence-corrected chi connectivity index (χ3v) is 4.80. The van der Waals surface area contributed by atoms with Gasteiger partial charge in [-0.1, -0.05) is 48.5 Å². The second-order valence-electron chi connectivity index (χ2n) is 6.35. The average molecular weight is 385 g/mol. The lowest BCUT2D eigenvalue weighted by atomic mass is 10.1. The Labute approximate surface area is 160 Å². The van der Waals surface area contributed by atoms with E-state index < -0.39 is 10.0 Å². The van der Waals surface area contributed by atoms with Gasteiger partial charge in [0.1, 0.15) is 0 Å². The average Bonchev–Trinajstić information content (AvgIpc) is 3.09. The summed E-state index contributed by atoms with van der Waals surface area (Å²) in [5, 5.41) is 8.16. The molecule has 3 rings (SSSR count). The summed E-state index contributed by atoms with van der Waals surface area (Å²) in [6, 6.07) is 20.1. The normalized spacial score (nSPS) is 11.6. The number of rotatable bonds is 9. The van der Waals surface area contributed by atoms with Crippen LogP contribution in [0.25, 0.3) is 16.9 Å². The Balaban J connectivity index is 1.70. The third-order valence-electron chi connectivity index (χ3n) is 4.07. The van der Waals surface area contributed by atoms with Crippen LogP contribution in [0, 0.1) is 0 Å². The van der Waals surface area contributed by atoms with Crippen molar-refractivity contribution < 1.29 is 8.42 Å². The maximum Gasteiger partial charge on any atom is 0.208 e. The second-order valence-corrected chi connectivity index (χ2v) is 8.18. The van der Waals surface area contributed by atoms with Gasteiger partial charge in [-0.2, -0.15) is 5.10 Å². The van der Waals surface area contributed by atoms with E-state index in [1.165, 1.54) is 6.26 Å². The zero-order valence-corrected chi connectivity index (χ0v) is 16.1. The predicted molar refractivity (Wildman–Crippen MR) is 108 cm³/mol. The molecule has 0 saturated carbocycles. The van der Waals surface area contributed by atoms with Crippen molar-refractivity contribution in [1.82, 2.24) is 19.8 Å². The van der Waals surface area contributed by atoms with Gasteiger partial charge in [-0.05, 0) is 25.1 Å². The monoisotopic (exact) mass is 384 g/mol. The maximum atomic E-state index is 11.1. The molecule has 1 heterocycles. The van der Waals surface area contributed by atoms with Crippen LogP contribution in [0.3, 0.4) is 0 Å². The zero-order chi connectivity index (χ0) is 19.1. The van der Waals surface area contributed by atoms with E-state index in [9.17, 15) is 8.42 Å². The molecule has 0 bridgehead atoms. The lowest BCUT2D eigenvalue weighted by molar-refractivity contribution is 0.579. The summed E-state index contributed by atoms with van der Waals surface area (Å²) >= 11 is 0. The summed E-state index contributed by atoms with van der Waals surface area (Å²) in [6.07, 6.45) is 3.94. The molecule has 0 aliphatic rings. The van der Waals surface area contributed by atoms with Crippen LogP contribution in [-0.4, -0.2) is 37.5 Å². The molecule has 2 aromatic carbocycles. The van der Waals surface area contributed by atoms with E-state index in [-0.39, 0.29) is 0 Å². The Hall–Kier alpha value is -2.48. The van der Waals surface area contributed by atoms with E-state index in [0.717, 1.165) is 28.9 Å². The molecule has 0 spiro atoms. The first-order valence-electron chi connectivity index (χ1n) is 8.88. The predicted octanol–water partition coefficient (Wildman–Crippen LogP) is 2.57. The molecular formula is C20H24N4O2S. The van der Waals surface area contributed by atoms with Crippen LogP contribution >= 0.6 is 0 Å². The Morgan fingerprint density at radius 2 is 1.63 bits per heavy atom. The van der Waals surface area contributed by atoms with Crippen LogP contribution in [0.2, 0.25) is 0 Å². The van der Waals surface area contributed by atoms with Gasteiger partial charge in [-0.25, -0.2) is 17.8 Å². The van der Waals surface area contributed by atoms with Crippen molar-refractivity contribution in [3.63, 3.8) is 0 Å². The van der Waals surface area contributed by atoms with Gasteiger partial charge in [0.2, 0.25) is 10.0 Å². The van der Waals surface area contributed by atoms with Gasteiger partial charge in [0, 0.05) is 30.4 Å². The third kappa shape index (κ3) is 5.75. The van der Waals surface area contributed by atoms with Crippen LogP contribution in [0.15, 0.2) is 66.9 Å². The van der Waals surface area contributed by atoms with Gasteiger partial charge in [0.15, 0.2) is 0 Å². The summed E-state index contributed by atoms with van der Waals surface area (Å²) in [6.45, 7) is 1.81. The van der Waals surface area contributed by atoms with Crippen LogP contribution in [0.5, 0.6) is 0 Å². The SMILES string of the molecule is CS(=O)(=O)NCCCNCc1cn(-c2ccccc2)nc1-c1ccccc1. The minimum absolute atomic E-state index is 0.431. The van der Waals surface area contributed by atoms with Crippen molar-refractivity contribution in [2.45, 2.75) is 13.0 Å². The summed E-state index contributed by atoms with van der Waals surface area (Å²) in [7, 11) is -3.12. The summed E-state index contributed by atoms with van der Waals surface area (Å²) in [5.74, 6) is 0. The minimum atomic E-state index is -3.12. The number of hydrogen-bond donors (Lipinski definition) is 2. The molecule has 7 heteroatoms. The van der Waals surface area contributed by atoms with E-state index in [0.29, 0.717) is 19.6 Å². The lowest BCUT2D eigenvalue weighted by Gasteiger charge is -2.06. The number of benzene rings is 2. The molecule has 142 valence electrons. The highest BCUT2D eigenvalue weighted by atomic mass is 32.2. The van der Waals surface area contributed by atoms with Gasteiger partial charge in [-0.15, -0.1) is 0 Å². The lowest BCUT2D eigenvalue weighted by Crippen LogP contribution is -2.26. The highest BCUT2D eigenvalue weighted by molar-refractivity contribution is 7.88. The zero-order valence-electron chi connectivity index (χ0n) is 15.3. The fraction of sp³-hybridized carbons (Fsp3) is 0.250. The molecule has 3 aromatic rings. The Kier molecular flexibility index (Phi) is 6.39. The van der Waals surface area contributed by atoms with Crippen LogP contribution in [-0.2, 0) is 16.6 Å². The molecule has 0 aliphatic heterocycles. The Bertz CT molecular complexity index is 954.